The molecule has 0 aliphatic carbocycles. The molecule has 1 aromatic carbocycles. The standard InChI is InChI=1S/C18H14Cl2N2O2/c1-12-4-6-14(7-5-12)22(11-15-3-2-8-24-15)18(23)13-9-16(19)17(20)21-10-13/h2-10H,11H2,1H3. The molecule has 3 rings (SSSR count). The molecular weight excluding hydrogens is 347 g/mol. The van der Waals surface area contributed by atoms with Crippen molar-refractivity contribution in [2.24, 2.45) is 0 Å². The van der Waals surface area contributed by atoms with E-state index in [1.165, 1.54) is 12.3 Å². The van der Waals surface area contributed by atoms with Crippen molar-refractivity contribution in [2.75, 3.05) is 4.90 Å². The summed E-state index contributed by atoms with van der Waals surface area (Å²) in [4.78, 5) is 18.5. The number of carbonyl (C=O) groups is 1. The zero-order chi connectivity index (χ0) is 17.1. The Kier molecular flexibility index (Phi) is 4.88. The summed E-state index contributed by atoms with van der Waals surface area (Å²) in [5.41, 5.74) is 2.23. The normalized spacial score (nSPS) is 10.6. The molecule has 0 atom stereocenters. The lowest BCUT2D eigenvalue weighted by Gasteiger charge is -2.22. The van der Waals surface area contributed by atoms with E-state index in [9.17, 15) is 4.79 Å². The van der Waals surface area contributed by atoms with Crippen LogP contribution in [0.4, 0.5) is 5.69 Å². The number of pyridine rings is 1. The maximum atomic E-state index is 13.0. The molecule has 122 valence electrons. The van der Waals surface area contributed by atoms with Crippen molar-refractivity contribution in [1.29, 1.82) is 0 Å². The molecule has 0 aliphatic rings. The maximum Gasteiger partial charge on any atom is 0.260 e. The van der Waals surface area contributed by atoms with E-state index in [1.807, 2.05) is 37.3 Å². The number of hydrogen-bond acceptors (Lipinski definition) is 3. The van der Waals surface area contributed by atoms with E-state index >= 15 is 0 Å². The van der Waals surface area contributed by atoms with Gasteiger partial charge in [-0.1, -0.05) is 40.9 Å². The highest BCUT2D eigenvalue weighted by Gasteiger charge is 2.20. The zero-order valence-electron chi connectivity index (χ0n) is 12.9. The Morgan fingerprint density at radius 1 is 1.21 bits per heavy atom. The largest absolute Gasteiger partial charge is 0.467 e. The average molecular weight is 361 g/mol. The van der Waals surface area contributed by atoms with Crippen LogP contribution in [-0.4, -0.2) is 10.9 Å². The number of hydrogen-bond donors (Lipinski definition) is 0. The van der Waals surface area contributed by atoms with Crippen LogP contribution in [0.2, 0.25) is 10.2 Å². The molecule has 0 saturated carbocycles. The molecular formula is C18H14Cl2N2O2. The third kappa shape index (κ3) is 3.61. The predicted molar refractivity (Wildman–Crippen MR) is 94.7 cm³/mol. The van der Waals surface area contributed by atoms with E-state index < -0.39 is 0 Å². The van der Waals surface area contributed by atoms with E-state index in [2.05, 4.69) is 4.98 Å². The van der Waals surface area contributed by atoms with Gasteiger partial charge in [-0.25, -0.2) is 4.98 Å². The highest BCUT2D eigenvalue weighted by molar-refractivity contribution is 6.41. The van der Waals surface area contributed by atoms with Crippen molar-refractivity contribution in [3.05, 3.63) is 82.0 Å². The number of benzene rings is 1. The number of aryl methyl sites for hydroxylation is 1. The van der Waals surface area contributed by atoms with Gasteiger partial charge in [0.25, 0.3) is 5.91 Å². The van der Waals surface area contributed by atoms with Crippen molar-refractivity contribution in [3.63, 3.8) is 0 Å². The first-order chi connectivity index (χ1) is 11.5. The minimum Gasteiger partial charge on any atom is -0.467 e. The van der Waals surface area contributed by atoms with Crippen LogP contribution in [0.5, 0.6) is 0 Å². The van der Waals surface area contributed by atoms with Gasteiger partial charge in [-0.3, -0.25) is 4.79 Å². The van der Waals surface area contributed by atoms with Gasteiger partial charge in [-0.15, -0.1) is 0 Å². The predicted octanol–water partition coefficient (Wildman–Crippen LogP) is 5.14. The third-order valence-electron chi connectivity index (χ3n) is 3.53. The number of furan rings is 1. The summed E-state index contributed by atoms with van der Waals surface area (Å²) in [6.07, 6.45) is 2.99. The fourth-order valence-electron chi connectivity index (χ4n) is 2.26. The van der Waals surface area contributed by atoms with Gasteiger partial charge < -0.3 is 9.32 Å². The summed E-state index contributed by atoms with van der Waals surface area (Å²) in [7, 11) is 0. The number of aromatic nitrogens is 1. The fraction of sp³-hybridized carbons (Fsp3) is 0.111. The number of halogens is 2. The van der Waals surface area contributed by atoms with Crippen molar-refractivity contribution < 1.29 is 9.21 Å². The molecule has 2 aromatic heterocycles. The van der Waals surface area contributed by atoms with Crippen LogP contribution in [0.1, 0.15) is 21.7 Å². The zero-order valence-corrected chi connectivity index (χ0v) is 14.4. The molecule has 0 radical (unpaired) electrons. The Bertz CT molecular complexity index is 846. The molecule has 2 heterocycles. The number of nitrogens with zero attached hydrogens (tertiary/aromatic N) is 2. The molecule has 24 heavy (non-hydrogen) atoms. The first kappa shape index (κ1) is 16.6. The Hall–Kier alpha value is -2.30. The second kappa shape index (κ2) is 7.07. The van der Waals surface area contributed by atoms with Crippen LogP contribution in [-0.2, 0) is 6.54 Å². The van der Waals surface area contributed by atoms with Crippen molar-refractivity contribution >= 4 is 34.8 Å². The molecule has 0 unspecified atom stereocenters. The van der Waals surface area contributed by atoms with Gasteiger partial charge in [-0.2, -0.15) is 0 Å². The van der Waals surface area contributed by atoms with Crippen molar-refractivity contribution in [2.45, 2.75) is 13.5 Å². The highest BCUT2D eigenvalue weighted by atomic mass is 35.5. The highest BCUT2D eigenvalue weighted by Crippen LogP contribution is 2.24. The fourth-order valence-corrected chi connectivity index (χ4v) is 2.53. The summed E-state index contributed by atoms with van der Waals surface area (Å²) in [6, 6.07) is 12.8. The van der Waals surface area contributed by atoms with Crippen LogP contribution < -0.4 is 4.90 Å². The van der Waals surface area contributed by atoms with E-state index in [4.69, 9.17) is 27.6 Å². The summed E-state index contributed by atoms with van der Waals surface area (Å²) in [6.45, 7) is 2.29. The molecule has 3 aromatic rings. The first-order valence-electron chi connectivity index (χ1n) is 7.26. The first-order valence-corrected chi connectivity index (χ1v) is 8.02. The van der Waals surface area contributed by atoms with Crippen LogP contribution in [0.15, 0.2) is 59.3 Å². The molecule has 0 bridgehead atoms. The van der Waals surface area contributed by atoms with Crippen molar-refractivity contribution in [1.82, 2.24) is 4.98 Å². The topological polar surface area (TPSA) is 46.3 Å². The quantitative estimate of drug-likeness (QED) is 0.605. The van der Waals surface area contributed by atoms with Gasteiger partial charge >= 0.3 is 0 Å². The Balaban J connectivity index is 1.97. The second-order valence-corrected chi connectivity index (χ2v) is 6.07. The van der Waals surface area contributed by atoms with Crippen LogP contribution in [0, 0.1) is 6.92 Å². The smallest absolute Gasteiger partial charge is 0.260 e. The monoisotopic (exact) mass is 360 g/mol. The SMILES string of the molecule is Cc1ccc(N(Cc2ccco2)C(=O)c2cnc(Cl)c(Cl)c2)cc1. The van der Waals surface area contributed by atoms with Gasteiger partial charge in [0.15, 0.2) is 0 Å². The van der Waals surface area contributed by atoms with Gasteiger partial charge in [0.2, 0.25) is 0 Å². The Morgan fingerprint density at radius 3 is 2.58 bits per heavy atom. The van der Waals surface area contributed by atoms with Gasteiger partial charge in [-0.05, 0) is 37.3 Å². The van der Waals surface area contributed by atoms with E-state index in [1.54, 1.807) is 17.2 Å². The molecule has 0 saturated heterocycles. The maximum absolute atomic E-state index is 13.0. The Labute approximate surface area is 149 Å². The minimum atomic E-state index is -0.235. The van der Waals surface area contributed by atoms with Crippen molar-refractivity contribution in [3.8, 4) is 0 Å². The molecule has 4 nitrogen and oxygen atoms in total. The van der Waals surface area contributed by atoms with E-state index in [0.29, 0.717) is 17.9 Å². The van der Waals surface area contributed by atoms with Gasteiger partial charge in [0.05, 0.1) is 23.4 Å². The molecule has 0 aliphatic heterocycles. The molecule has 0 N–H and O–H groups in total. The minimum absolute atomic E-state index is 0.168. The summed E-state index contributed by atoms with van der Waals surface area (Å²) < 4.78 is 5.38. The lowest BCUT2D eigenvalue weighted by atomic mass is 10.1. The lowest BCUT2D eigenvalue weighted by Crippen LogP contribution is -2.30. The Morgan fingerprint density at radius 2 is 1.96 bits per heavy atom. The average Bonchev–Trinajstić information content (AvgIpc) is 3.09. The number of rotatable bonds is 4. The summed E-state index contributed by atoms with van der Waals surface area (Å²) >= 11 is 11.8. The van der Waals surface area contributed by atoms with Gasteiger partial charge in [0.1, 0.15) is 10.9 Å². The number of carbonyl (C=O) groups excluding carboxylic acids is 1. The van der Waals surface area contributed by atoms with E-state index in [0.717, 1.165) is 11.3 Å². The molecule has 1 amide bonds. The number of anilines is 1. The summed E-state index contributed by atoms with van der Waals surface area (Å²) in [5.74, 6) is 0.443. The van der Waals surface area contributed by atoms with Crippen LogP contribution in [0.25, 0.3) is 0 Å². The van der Waals surface area contributed by atoms with E-state index in [-0.39, 0.29) is 16.1 Å². The lowest BCUT2D eigenvalue weighted by molar-refractivity contribution is 0.0983. The molecule has 6 heteroatoms. The third-order valence-corrected chi connectivity index (χ3v) is 4.21. The van der Waals surface area contributed by atoms with Crippen LogP contribution >= 0.6 is 23.2 Å². The summed E-state index contributed by atoms with van der Waals surface area (Å²) in [5, 5.41) is 0.408. The second-order valence-electron chi connectivity index (χ2n) is 5.30. The van der Waals surface area contributed by atoms with Crippen LogP contribution in [0.3, 0.4) is 0 Å². The van der Waals surface area contributed by atoms with Gasteiger partial charge in [0, 0.05) is 11.9 Å². The molecule has 0 fully saturated rings. The molecule has 0 spiro atoms. The number of amides is 1.